The number of nitrogens with zero attached hydrogens (tertiary/aromatic N) is 2. The van der Waals surface area contributed by atoms with Crippen molar-refractivity contribution in [2.24, 2.45) is 5.92 Å². The Hall–Kier alpha value is -3.15. The number of H-pyrrole nitrogens is 1. The number of hydrogen-bond acceptors (Lipinski definition) is 3. The van der Waals surface area contributed by atoms with Gasteiger partial charge in [0.1, 0.15) is 5.82 Å². The zero-order valence-corrected chi connectivity index (χ0v) is 16.8. The van der Waals surface area contributed by atoms with Crippen molar-refractivity contribution in [3.8, 4) is 11.4 Å². The van der Waals surface area contributed by atoms with Crippen LogP contribution in [0.25, 0.3) is 22.4 Å². The van der Waals surface area contributed by atoms with Crippen molar-refractivity contribution in [1.29, 1.82) is 0 Å². The molecule has 2 atom stereocenters. The van der Waals surface area contributed by atoms with Crippen LogP contribution in [0.2, 0.25) is 0 Å². The number of carbonyl (C=O) groups excluding carboxylic acids is 2. The van der Waals surface area contributed by atoms with Gasteiger partial charge in [0.2, 0.25) is 11.8 Å². The van der Waals surface area contributed by atoms with E-state index in [0.717, 1.165) is 41.0 Å². The molecule has 6 nitrogen and oxygen atoms in total. The maximum absolute atomic E-state index is 12.9. The highest BCUT2D eigenvalue weighted by Gasteiger charge is 2.32. The molecule has 1 aromatic heterocycles. The summed E-state index contributed by atoms with van der Waals surface area (Å²) in [6, 6.07) is 15.9. The van der Waals surface area contributed by atoms with Crippen molar-refractivity contribution in [3.05, 3.63) is 48.5 Å². The fraction of sp³-hybridized carbons (Fsp3) is 0.348. The zero-order valence-electron chi connectivity index (χ0n) is 16.8. The number of carbonyl (C=O) groups is 2. The molecule has 4 rings (SSSR count). The van der Waals surface area contributed by atoms with E-state index < -0.39 is 0 Å². The first-order valence-electron chi connectivity index (χ1n) is 10.2. The summed E-state index contributed by atoms with van der Waals surface area (Å²) in [4.78, 5) is 34.2. The molecule has 0 saturated heterocycles. The summed E-state index contributed by atoms with van der Waals surface area (Å²) in [5.41, 5.74) is 3.78. The van der Waals surface area contributed by atoms with Gasteiger partial charge in [0, 0.05) is 36.7 Å². The molecule has 6 heteroatoms. The topological polar surface area (TPSA) is 78.1 Å². The number of para-hydroxylation sites is 2. The number of hydrogen-bond donors (Lipinski definition) is 2. The van der Waals surface area contributed by atoms with Crippen LogP contribution in [0, 0.1) is 5.92 Å². The second-order valence-corrected chi connectivity index (χ2v) is 7.67. The quantitative estimate of drug-likeness (QED) is 0.694. The molecule has 2 aromatic carbocycles. The minimum atomic E-state index is -0.0443. The highest BCUT2D eigenvalue weighted by atomic mass is 16.2. The molecule has 2 amide bonds. The lowest BCUT2D eigenvalue weighted by molar-refractivity contribution is -0.123. The predicted molar refractivity (Wildman–Crippen MR) is 115 cm³/mol. The molecule has 0 radical (unpaired) electrons. The van der Waals surface area contributed by atoms with Gasteiger partial charge in [-0.25, -0.2) is 4.98 Å². The molecule has 1 heterocycles. The van der Waals surface area contributed by atoms with Gasteiger partial charge in [-0.2, -0.15) is 0 Å². The SMILES string of the molecule is CCC(=O)NC1CCC(C(=O)N(C)c2ccc(-c3nc4ccccc4[nH]3)cc2)C1. The second-order valence-electron chi connectivity index (χ2n) is 7.67. The van der Waals surface area contributed by atoms with Crippen LogP contribution < -0.4 is 10.2 Å². The molecule has 1 aliphatic carbocycles. The smallest absolute Gasteiger partial charge is 0.229 e. The molecule has 2 N–H and O–H groups in total. The number of aromatic amines is 1. The summed E-state index contributed by atoms with van der Waals surface area (Å²) < 4.78 is 0. The van der Waals surface area contributed by atoms with Crippen LogP contribution in [0.4, 0.5) is 5.69 Å². The van der Waals surface area contributed by atoms with Crippen LogP contribution in [-0.4, -0.2) is 34.9 Å². The van der Waals surface area contributed by atoms with Gasteiger partial charge in [-0.05, 0) is 55.7 Å². The van der Waals surface area contributed by atoms with Crippen molar-refractivity contribution in [2.75, 3.05) is 11.9 Å². The average Bonchev–Trinajstić information content (AvgIpc) is 3.39. The van der Waals surface area contributed by atoms with Crippen molar-refractivity contribution in [1.82, 2.24) is 15.3 Å². The Morgan fingerprint density at radius 1 is 1.14 bits per heavy atom. The molecule has 29 heavy (non-hydrogen) atoms. The third-order valence-electron chi connectivity index (χ3n) is 5.72. The van der Waals surface area contributed by atoms with Gasteiger partial charge in [-0.15, -0.1) is 0 Å². The number of fused-ring (bicyclic) bond motifs is 1. The van der Waals surface area contributed by atoms with Gasteiger partial charge >= 0.3 is 0 Å². The van der Waals surface area contributed by atoms with Crippen LogP contribution in [0.1, 0.15) is 32.6 Å². The summed E-state index contributed by atoms with van der Waals surface area (Å²) in [7, 11) is 1.82. The van der Waals surface area contributed by atoms with E-state index in [9.17, 15) is 9.59 Å². The molecule has 1 aliphatic rings. The lowest BCUT2D eigenvalue weighted by Crippen LogP contribution is -2.35. The Morgan fingerprint density at radius 2 is 1.90 bits per heavy atom. The summed E-state index contributed by atoms with van der Waals surface area (Å²) in [5.74, 6) is 0.932. The van der Waals surface area contributed by atoms with Gasteiger partial charge in [-0.1, -0.05) is 19.1 Å². The van der Waals surface area contributed by atoms with Crippen LogP contribution in [0.15, 0.2) is 48.5 Å². The number of amides is 2. The van der Waals surface area contributed by atoms with E-state index >= 15 is 0 Å². The van der Waals surface area contributed by atoms with Crippen LogP contribution >= 0.6 is 0 Å². The monoisotopic (exact) mass is 390 g/mol. The third kappa shape index (κ3) is 4.01. The standard InChI is InChI=1S/C23H26N4O2/c1-3-21(28)24-17-11-8-16(14-17)23(29)27(2)18-12-9-15(10-13-18)22-25-19-6-4-5-7-20(19)26-22/h4-7,9-10,12-13,16-17H,3,8,11,14H2,1-2H3,(H,24,28)(H,25,26). The van der Waals surface area contributed by atoms with Gasteiger partial charge < -0.3 is 15.2 Å². The fourth-order valence-corrected chi connectivity index (χ4v) is 4.00. The summed E-state index contributed by atoms with van der Waals surface area (Å²) in [6.07, 6.45) is 2.87. The predicted octanol–water partition coefficient (Wildman–Crippen LogP) is 3.89. The number of rotatable bonds is 5. The van der Waals surface area contributed by atoms with E-state index in [1.807, 2.05) is 62.5 Å². The second kappa shape index (κ2) is 8.07. The van der Waals surface area contributed by atoms with Crippen molar-refractivity contribution in [2.45, 2.75) is 38.6 Å². The van der Waals surface area contributed by atoms with Crippen molar-refractivity contribution in [3.63, 3.8) is 0 Å². The highest BCUT2D eigenvalue weighted by Crippen LogP contribution is 2.29. The van der Waals surface area contributed by atoms with Crippen molar-refractivity contribution < 1.29 is 9.59 Å². The minimum Gasteiger partial charge on any atom is -0.353 e. The third-order valence-corrected chi connectivity index (χ3v) is 5.72. The van der Waals surface area contributed by atoms with Crippen LogP contribution in [0.3, 0.4) is 0 Å². The number of nitrogens with one attached hydrogen (secondary N) is 2. The summed E-state index contributed by atoms with van der Waals surface area (Å²) >= 11 is 0. The maximum Gasteiger partial charge on any atom is 0.229 e. The van der Waals surface area contributed by atoms with Crippen molar-refractivity contribution >= 4 is 28.5 Å². The van der Waals surface area contributed by atoms with Gasteiger partial charge in [0.25, 0.3) is 0 Å². The number of aromatic nitrogens is 2. The number of benzene rings is 2. The maximum atomic E-state index is 12.9. The minimum absolute atomic E-state index is 0.0443. The van der Waals surface area contributed by atoms with E-state index in [4.69, 9.17) is 0 Å². The van der Waals surface area contributed by atoms with E-state index in [2.05, 4.69) is 15.3 Å². The number of anilines is 1. The molecule has 150 valence electrons. The first-order chi connectivity index (χ1) is 14.0. The summed E-state index contributed by atoms with van der Waals surface area (Å²) in [6.45, 7) is 1.84. The van der Waals surface area contributed by atoms with E-state index in [1.165, 1.54) is 0 Å². The lowest BCUT2D eigenvalue weighted by Gasteiger charge is -2.21. The number of imidazole rings is 1. The molecule has 1 saturated carbocycles. The Bertz CT molecular complexity index is 992. The van der Waals surface area contributed by atoms with Gasteiger partial charge in [-0.3, -0.25) is 9.59 Å². The lowest BCUT2D eigenvalue weighted by atomic mass is 10.1. The van der Waals surface area contributed by atoms with Crippen LogP contribution in [0.5, 0.6) is 0 Å². The zero-order chi connectivity index (χ0) is 20.4. The molecule has 0 spiro atoms. The first-order valence-corrected chi connectivity index (χ1v) is 10.2. The Morgan fingerprint density at radius 3 is 2.62 bits per heavy atom. The van der Waals surface area contributed by atoms with E-state index in [0.29, 0.717) is 12.8 Å². The Balaban J connectivity index is 1.43. The van der Waals surface area contributed by atoms with E-state index in [1.54, 1.807) is 4.90 Å². The molecule has 1 fully saturated rings. The molecule has 0 bridgehead atoms. The summed E-state index contributed by atoms with van der Waals surface area (Å²) in [5, 5.41) is 3.01. The largest absolute Gasteiger partial charge is 0.353 e. The first kappa shape index (κ1) is 19.2. The highest BCUT2D eigenvalue weighted by molar-refractivity contribution is 5.95. The Kier molecular flexibility index (Phi) is 5.34. The molecular formula is C23H26N4O2. The van der Waals surface area contributed by atoms with Crippen LogP contribution in [-0.2, 0) is 9.59 Å². The average molecular weight is 390 g/mol. The van der Waals surface area contributed by atoms with Gasteiger partial charge in [0.05, 0.1) is 11.0 Å². The van der Waals surface area contributed by atoms with Gasteiger partial charge in [0.15, 0.2) is 0 Å². The molecule has 2 unspecified atom stereocenters. The van der Waals surface area contributed by atoms with E-state index in [-0.39, 0.29) is 23.8 Å². The fourth-order valence-electron chi connectivity index (χ4n) is 4.00. The molecule has 3 aromatic rings. The normalized spacial score (nSPS) is 18.7. The molecule has 0 aliphatic heterocycles. The Labute approximate surface area is 170 Å². The molecular weight excluding hydrogens is 364 g/mol.